The van der Waals surface area contributed by atoms with E-state index < -0.39 is 4.92 Å². The second-order valence-electron chi connectivity index (χ2n) is 6.73. The number of nitrogens with one attached hydrogen (secondary N) is 1. The second-order valence-corrected chi connectivity index (χ2v) is 7.17. The van der Waals surface area contributed by atoms with Gasteiger partial charge in [-0.15, -0.1) is 0 Å². The number of aryl methyl sites for hydroxylation is 1. The monoisotopic (exact) mass is 433 g/mol. The van der Waals surface area contributed by atoms with E-state index in [1.54, 1.807) is 48.7 Å². The summed E-state index contributed by atoms with van der Waals surface area (Å²) in [7, 11) is 0. The average molecular weight is 434 g/mol. The highest BCUT2D eigenvalue weighted by molar-refractivity contribution is 6.30. The van der Waals surface area contributed by atoms with Gasteiger partial charge < -0.3 is 5.32 Å². The molecule has 31 heavy (non-hydrogen) atoms. The van der Waals surface area contributed by atoms with Crippen LogP contribution in [0.3, 0.4) is 0 Å². The third kappa shape index (κ3) is 4.29. The molecule has 0 amide bonds. The fourth-order valence-corrected chi connectivity index (χ4v) is 3.21. The molecule has 2 aromatic heterocycles. The molecule has 0 radical (unpaired) electrons. The van der Waals surface area contributed by atoms with Gasteiger partial charge in [0.15, 0.2) is 0 Å². The van der Waals surface area contributed by atoms with Crippen molar-refractivity contribution in [2.75, 3.05) is 5.32 Å². The Bertz CT molecular complexity index is 1380. The molecule has 4 aromatic rings. The molecule has 0 aliphatic carbocycles. The number of nitrogens with zero attached hydrogens (tertiary/aromatic N) is 4. The Hall–Kier alpha value is -4.04. The number of aliphatic imine (C=N–C) groups is 1. The molecule has 154 valence electrons. The summed E-state index contributed by atoms with van der Waals surface area (Å²) >= 11 is 6.01. The van der Waals surface area contributed by atoms with Gasteiger partial charge in [0.1, 0.15) is 17.0 Å². The van der Waals surface area contributed by atoms with Crippen LogP contribution < -0.4 is 10.9 Å². The molecule has 0 unspecified atom stereocenters. The van der Waals surface area contributed by atoms with E-state index in [4.69, 9.17) is 11.6 Å². The number of benzene rings is 2. The van der Waals surface area contributed by atoms with Gasteiger partial charge in [0.2, 0.25) is 0 Å². The van der Waals surface area contributed by atoms with Crippen molar-refractivity contribution >= 4 is 46.3 Å². The van der Waals surface area contributed by atoms with E-state index in [9.17, 15) is 14.9 Å². The summed E-state index contributed by atoms with van der Waals surface area (Å²) < 4.78 is 1.45. The quantitative estimate of drug-likeness (QED) is 0.269. The van der Waals surface area contributed by atoms with Crippen LogP contribution in [-0.2, 0) is 0 Å². The SMILES string of the molecule is Cc1cccn2c(=O)c(C=Nc3cccc(Cl)c3)c(Nc3ccc([N+](=O)[O-])cc3)nc12. The van der Waals surface area contributed by atoms with Gasteiger partial charge >= 0.3 is 0 Å². The van der Waals surface area contributed by atoms with Crippen LogP contribution in [0, 0.1) is 17.0 Å². The van der Waals surface area contributed by atoms with Crippen LogP contribution in [0.5, 0.6) is 0 Å². The van der Waals surface area contributed by atoms with Crippen LogP contribution in [0.2, 0.25) is 5.02 Å². The zero-order valence-electron chi connectivity index (χ0n) is 16.3. The average Bonchev–Trinajstić information content (AvgIpc) is 2.75. The lowest BCUT2D eigenvalue weighted by molar-refractivity contribution is -0.384. The number of fused-ring (bicyclic) bond motifs is 1. The molecule has 2 aromatic carbocycles. The van der Waals surface area contributed by atoms with Gasteiger partial charge in [0, 0.05) is 35.3 Å². The molecule has 0 saturated carbocycles. The van der Waals surface area contributed by atoms with E-state index in [0.717, 1.165) is 5.56 Å². The van der Waals surface area contributed by atoms with Crippen LogP contribution in [-0.4, -0.2) is 20.5 Å². The Balaban J connectivity index is 1.83. The number of aromatic nitrogens is 2. The van der Waals surface area contributed by atoms with Crippen molar-refractivity contribution in [2.24, 2.45) is 4.99 Å². The largest absolute Gasteiger partial charge is 0.339 e. The molecule has 0 saturated heterocycles. The van der Waals surface area contributed by atoms with Gasteiger partial charge in [-0.2, -0.15) is 0 Å². The molecule has 9 heteroatoms. The molecule has 4 rings (SSSR count). The van der Waals surface area contributed by atoms with E-state index in [-0.39, 0.29) is 16.8 Å². The van der Waals surface area contributed by atoms with Crippen LogP contribution in [0.4, 0.5) is 22.9 Å². The van der Waals surface area contributed by atoms with Crippen LogP contribution in [0.1, 0.15) is 11.1 Å². The van der Waals surface area contributed by atoms with E-state index in [2.05, 4.69) is 15.3 Å². The number of anilines is 2. The molecule has 0 aliphatic heterocycles. The van der Waals surface area contributed by atoms with Crippen molar-refractivity contribution in [1.82, 2.24) is 9.38 Å². The Morgan fingerprint density at radius 3 is 2.65 bits per heavy atom. The summed E-state index contributed by atoms with van der Waals surface area (Å²) in [5.41, 5.74) is 2.36. The molecular formula is C22H16ClN5O3. The van der Waals surface area contributed by atoms with E-state index >= 15 is 0 Å². The Kier molecular flexibility index (Phi) is 5.46. The summed E-state index contributed by atoms with van der Waals surface area (Å²) in [5.74, 6) is 0.291. The van der Waals surface area contributed by atoms with Gasteiger partial charge in [-0.25, -0.2) is 4.98 Å². The lowest BCUT2D eigenvalue weighted by Crippen LogP contribution is -2.22. The van der Waals surface area contributed by atoms with Gasteiger partial charge in [-0.3, -0.25) is 24.3 Å². The number of non-ortho nitro benzene ring substituents is 1. The number of nitro benzene ring substituents is 1. The maximum Gasteiger partial charge on any atom is 0.269 e. The fraction of sp³-hybridized carbons (Fsp3) is 0.0455. The number of hydrogen-bond acceptors (Lipinski definition) is 6. The highest BCUT2D eigenvalue weighted by Crippen LogP contribution is 2.22. The standard InChI is InChI=1S/C22H16ClN5O3/c1-14-4-3-11-27-21(14)26-20(25-16-7-9-18(10-8-16)28(30)31)19(22(27)29)13-24-17-6-2-5-15(23)12-17/h2-13,25H,1H3. The topological polar surface area (TPSA) is 102 Å². The van der Waals surface area contributed by atoms with Crippen LogP contribution in [0.25, 0.3) is 5.65 Å². The molecule has 1 N–H and O–H groups in total. The molecule has 0 bridgehead atoms. The predicted molar refractivity (Wildman–Crippen MR) is 121 cm³/mol. The highest BCUT2D eigenvalue weighted by Gasteiger charge is 2.14. The van der Waals surface area contributed by atoms with Crippen molar-refractivity contribution in [1.29, 1.82) is 0 Å². The van der Waals surface area contributed by atoms with Crippen molar-refractivity contribution in [3.63, 3.8) is 0 Å². The van der Waals surface area contributed by atoms with Crippen molar-refractivity contribution < 1.29 is 4.92 Å². The zero-order valence-corrected chi connectivity index (χ0v) is 17.1. The van der Waals surface area contributed by atoms with Crippen molar-refractivity contribution in [3.8, 4) is 0 Å². The molecule has 8 nitrogen and oxygen atoms in total. The number of hydrogen-bond donors (Lipinski definition) is 1. The lowest BCUT2D eigenvalue weighted by atomic mass is 10.2. The molecule has 0 fully saturated rings. The Morgan fingerprint density at radius 2 is 1.94 bits per heavy atom. The predicted octanol–water partition coefficient (Wildman–Crippen LogP) is 5.06. The minimum absolute atomic E-state index is 0.0318. The van der Waals surface area contributed by atoms with Gasteiger partial charge in [-0.1, -0.05) is 23.7 Å². The van der Waals surface area contributed by atoms with E-state index in [1.165, 1.54) is 22.7 Å². The minimum atomic E-state index is -0.475. The first-order valence-electron chi connectivity index (χ1n) is 9.25. The number of halogens is 1. The third-order valence-corrected chi connectivity index (χ3v) is 4.81. The summed E-state index contributed by atoms with van der Waals surface area (Å²) in [4.78, 5) is 32.6. The molecule has 0 atom stereocenters. The molecular weight excluding hydrogens is 418 g/mol. The normalized spacial score (nSPS) is 11.2. The van der Waals surface area contributed by atoms with Crippen molar-refractivity contribution in [3.05, 3.63) is 103 Å². The van der Waals surface area contributed by atoms with Gasteiger partial charge in [-0.05, 0) is 48.9 Å². The minimum Gasteiger partial charge on any atom is -0.339 e. The maximum atomic E-state index is 13.2. The van der Waals surface area contributed by atoms with Crippen LogP contribution >= 0.6 is 11.6 Å². The Labute approximate surface area is 181 Å². The first-order chi connectivity index (χ1) is 14.9. The van der Waals surface area contributed by atoms with Gasteiger partial charge in [0.25, 0.3) is 11.2 Å². The number of rotatable bonds is 5. The Morgan fingerprint density at radius 1 is 1.16 bits per heavy atom. The second kappa shape index (κ2) is 8.37. The molecule has 0 spiro atoms. The first-order valence-corrected chi connectivity index (χ1v) is 9.63. The van der Waals surface area contributed by atoms with Gasteiger partial charge in [0.05, 0.1) is 10.6 Å². The number of nitro groups is 1. The number of pyridine rings is 1. The van der Waals surface area contributed by atoms with Crippen LogP contribution in [0.15, 0.2) is 76.6 Å². The fourth-order valence-electron chi connectivity index (χ4n) is 3.02. The van der Waals surface area contributed by atoms with E-state index in [1.807, 2.05) is 13.0 Å². The first kappa shape index (κ1) is 20.2. The maximum absolute atomic E-state index is 13.2. The third-order valence-electron chi connectivity index (χ3n) is 4.58. The smallest absolute Gasteiger partial charge is 0.269 e. The summed E-state index contributed by atoms with van der Waals surface area (Å²) in [6.07, 6.45) is 3.08. The molecule has 2 heterocycles. The summed E-state index contributed by atoms with van der Waals surface area (Å²) in [6.45, 7) is 1.86. The van der Waals surface area contributed by atoms with E-state index in [0.29, 0.717) is 27.9 Å². The lowest BCUT2D eigenvalue weighted by Gasteiger charge is -2.11. The summed E-state index contributed by atoms with van der Waals surface area (Å²) in [5, 5.41) is 14.5. The van der Waals surface area contributed by atoms with Crippen molar-refractivity contribution in [2.45, 2.75) is 6.92 Å². The molecule has 0 aliphatic rings. The summed E-state index contributed by atoms with van der Waals surface area (Å²) in [6, 6.07) is 16.4. The highest BCUT2D eigenvalue weighted by atomic mass is 35.5. The zero-order chi connectivity index (χ0) is 22.0.